The summed E-state index contributed by atoms with van der Waals surface area (Å²) in [6.45, 7) is 1.44. The lowest BCUT2D eigenvalue weighted by Crippen LogP contribution is -2.33. The van der Waals surface area contributed by atoms with E-state index in [0.717, 1.165) is 16.7 Å². The molecule has 1 N–H and O–H groups in total. The van der Waals surface area contributed by atoms with Crippen LogP contribution in [0.4, 0.5) is 0 Å². The van der Waals surface area contributed by atoms with Crippen LogP contribution in [-0.2, 0) is 14.3 Å². The van der Waals surface area contributed by atoms with Gasteiger partial charge in [0.25, 0.3) is 5.91 Å². The van der Waals surface area contributed by atoms with E-state index in [1.54, 1.807) is 37.3 Å². The van der Waals surface area contributed by atoms with Crippen molar-refractivity contribution in [2.45, 2.75) is 6.92 Å². The van der Waals surface area contributed by atoms with Crippen molar-refractivity contribution in [2.24, 2.45) is 0 Å². The topological polar surface area (TPSA) is 97.0 Å². The van der Waals surface area contributed by atoms with Crippen LogP contribution < -0.4 is 0 Å². The Morgan fingerprint density at radius 2 is 2.10 bits per heavy atom. The molecule has 2 aromatic rings. The molecule has 1 aromatic heterocycles. The van der Waals surface area contributed by atoms with Crippen LogP contribution in [0, 0.1) is 0 Å². The first-order valence-electron chi connectivity index (χ1n) is 8.34. The molecule has 1 aliphatic rings. The average molecular weight is 452 g/mol. The van der Waals surface area contributed by atoms with E-state index in [0.29, 0.717) is 17.1 Å². The number of carbonyl (C=O) groups excluding carboxylic acids is 2. The zero-order valence-electron chi connectivity index (χ0n) is 15.0. The Balaban J connectivity index is 1.85. The number of esters is 1. The van der Waals surface area contributed by atoms with Gasteiger partial charge in [-0.3, -0.25) is 14.5 Å². The number of carboxylic acid groups (broad SMARTS) is 1. The minimum atomic E-state index is -1.15. The molecule has 0 bridgehead atoms. The second-order valence-corrected chi connectivity index (χ2v) is 7.86. The van der Waals surface area contributed by atoms with Crippen molar-refractivity contribution in [2.75, 3.05) is 13.2 Å². The number of rotatable bonds is 6. The second-order valence-electron chi connectivity index (χ2n) is 5.78. The highest BCUT2D eigenvalue weighted by Gasteiger charge is 2.33. The van der Waals surface area contributed by atoms with Gasteiger partial charge in [-0.15, -0.1) is 0 Å². The van der Waals surface area contributed by atoms with Gasteiger partial charge in [-0.05, 0) is 37.3 Å². The molecule has 29 heavy (non-hydrogen) atoms. The first-order valence-corrected chi connectivity index (χ1v) is 9.94. The van der Waals surface area contributed by atoms with Crippen LogP contribution in [0.2, 0.25) is 5.02 Å². The number of hydrogen-bond donors (Lipinski definition) is 1. The minimum Gasteiger partial charge on any atom is -0.480 e. The number of carboxylic acids is 1. The molecule has 0 atom stereocenters. The fourth-order valence-corrected chi connectivity index (χ4v) is 3.96. The Labute approximate surface area is 180 Å². The lowest BCUT2D eigenvalue weighted by atomic mass is 10.1. The zero-order chi connectivity index (χ0) is 21.1. The number of thioether (sulfide) groups is 1. The fraction of sp³-hybridized carbons (Fsp3) is 0.158. The number of carbonyl (C=O) groups is 3. The van der Waals surface area contributed by atoms with E-state index in [4.69, 9.17) is 38.1 Å². The molecular formula is C19H14ClNO6S2. The number of furan rings is 1. The van der Waals surface area contributed by atoms with E-state index in [1.807, 2.05) is 0 Å². The SMILES string of the molecule is CCOC(=O)c1cc(-c2ccc(/C=C3\SC(=S)N(CC(=O)O)C3=O)o2)ccc1Cl. The maximum atomic E-state index is 12.3. The largest absolute Gasteiger partial charge is 0.480 e. The Hall–Kier alpha value is -2.62. The van der Waals surface area contributed by atoms with Gasteiger partial charge in [-0.2, -0.15) is 0 Å². The first kappa shape index (κ1) is 21.1. The van der Waals surface area contributed by atoms with E-state index in [9.17, 15) is 14.4 Å². The Kier molecular flexibility index (Phi) is 6.41. The number of aliphatic carboxylic acids is 1. The number of nitrogens with zero attached hydrogens (tertiary/aromatic N) is 1. The van der Waals surface area contributed by atoms with Crippen molar-refractivity contribution in [3.8, 4) is 11.3 Å². The summed E-state index contributed by atoms with van der Waals surface area (Å²) in [5.74, 6) is -1.34. The smallest absolute Gasteiger partial charge is 0.339 e. The van der Waals surface area contributed by atoms with Gasteiger partial charge < -0.3 is 14.3 Å². The quantitative estimate of drug-likeness (QED) is 0.399. The molecule has 2 heterocycles. The van der Waals surface area contributed by atoms with E-state index >= 15 is 0 Å². The summed E-state index contributed by atoms with van der Waals surface area (Å²) in [6, 6.07) is 8.16. The van der Waals surface area contributed by atoms with E-state index in [-0.39, 0.29) is 26.4 Å². The van der Waals surface area contributed by atoms with Gasteiger partial charge >= 0.3 is 11.9 Å². The lowest BCUT2D eigenvalue weighted by molar-refractivity contribution is -0.140. The molecule has 1 amide bonds. The Bertz CT molecular complexity index is 1050. The molecule has 150 valence electrons. The fourth-order valence-electron chi connectivity index (χ4n) is 2.53. The lowest BCUT2D eigenvalue weighted by Gasteiger charge is -2.09. The molecule has 0 unspecified atom stereocenters. The number of halogens is 1. The molecule has 1 aromatic carbocycles. The van der Waals surface area contributed by atoms with Crippen molar-refractivity contribution < 1.29 is 28.6 Å². The van der Waals surface area contributed by atoms with Gasteiger partial charge in [0, 0.05) is 11.6 Å². The van der Waals surface area contributed by atoms with Crippen molar-refractivity contribution in [3.05, 3.63) is 51.6 Å². The number of amides is 1. The highest BCUT2D eigenvalue weighted by atomic mass is 35.5. The Morgan fingerprint density at radius 3 is 2.79 bits per heavy atom. The van der Waals surface area contributed by atoms with Gasteiger partial charge in [0.2, 0.25) is 0 Å². The molecule has 3 rings (SSSR count). The van der Waals surface area contributed by atoms with Gasteiger partial charge in [0.15, 0.2) is 0 Å². The number of ether oxygens (including phenoxy) is 1. The van der Waals surface area contributed by atoms with Crippen LogP contribution in [0.25, 0.3) is 17.4 Å². The highest BCUT2D eigenvalue weighted by Crippen LogP contribution is 2.34. The number of thiocarbonyl (C=S) groups is 1. The van der Waals surface area contributed by atoms with Crippen molar-refractivity contribution in [3.63, 3.8) is 0 Å². The summed E-state index contributed by atoms with van der Waals surface area (Å²) in [7, 11) is 0. The minimum absolute atomic E-state index is 0.173. The molecular weight excluding hydrogens is 438 g/mol. The third kappa shape index (κ3) is 4.69. The third-order valence-corrected chi connectivity index (χ3v) is 5.52. The van der Waals surface area contributed by atoms with Crippen LogP contribution in [0.3, 0.4) is 0 Å². The molecule has 1 fully saturated rings. The first-order chi connectivity index (χ1) is 13.8. The summed E-state index contributed by atoms with van der Waals surface area (Å²) >= 11 is 12.1. The molecule has 0 radical (unpaired) electrons. The van der Waals surface area contributed by atoms with Crippen LogP contribution in [0.15, 0.2) is 39.7 Å². The van der Waals surface area contributed by atoms with Gasteiger partial charge in [-0.25, -0.2) is 4.79 Å². The van der Waals surface area contributed by atoms with Crippen LogP contribution in [0.1, 0.15) is 23.0 Å². The zero-order valence-corrected chi connectivity index (χ0v) is 17.4. The average Bonchev–Trinajstić information content (AvgIpc) is 3.23. The Morgan fingerprint density at radius 1 is 1.34 bits per heavy atom. The summed E-state index contributed by atoms with van der Waals surface area (Å²) in [6.07, 6.45) is 1.49. The predicted octanol–water partition coefficient (Wildman–Crippen LogP) is 4.06. The number of benzene rings is 1. The molecule has 0 saturated carbocycles. The van der Waals surface area contributed by atoms with E-state index in [1.165, 1.54) is 6.08 Å². The predicted molar refractivity (Wildman–Crippen MR) is 113 cm³/mol. The van der Waals surface area contributed by atoms with E-state index in [2.05, 4.69) is 0 Å². The van der Waals surface area contributed by atoms with Crippen LogP contribution in [-0.4, -0.2) is 45.3 Å². The van der Waals surface area contributed by atoms with Gasteiger partial charge in [-0.1, -0.05) is 35.6 Å². The maximum absolute atomic E-state index is 12.3. The summed E-state index contributed by atoms with van der Waals surface area (Å²) in [5.41, 5.74) is 0.828. The number of hydrogen-bond acceptors (Lipinski definition) is 7. The normalized spacial score (nSPS) is 15.2. The van der Waals surface area contributed by atoms with Crippen molar-refractivity contribution >= 4 is 63.8 Å². The molecule has 7 nitrogen and oxygen atoms in total. The molecule has 1 saturated heterocycles. The molecule has 1 aliphatic heterocycles. The summed E-state index contributed by atoms with van der Waals surface area (Å²) in [5, 5.41) is 9.15. The third-order valence-electron chi connectivity index (χ3n) is 3.81. The van der Waals surface area contributed by atoms with Crippen molar-refractivity contribution in [1.82, 2.24) is 4.90 Å². The molecule has 0 spiro atoms. The molecule has 0 aliphatic carbocycles. The van der Waals surface area contributed by atoms with Crippen molar-refractivity contribution in [1.29, 1.82) is 0 Å². The second kappa shape index (κ2) is 8.81. The highest BCUT2D eigenvalue weighted by molar-refractivity contribution is 8.26. The molecule has 10 heteroatoms. The van der Waals surface area contributed by atoms with Gasteiger partial charge in [0.1, 0.15) is 22.4 Å². The standard InChI is InChI=1S/C19H14ClNO6S2/c1-2-26-18(25)12-7-10(3-5-13(12)20)14-6-4-11(27-14)8-15-17(24)21(9-16(22)23)19(28)29-15/h3-8H,2,9H2,1H3,(H,22,23)/b15-8-. The van der Waals surface area contributed by atoms with Crippen LogP contribution in [0.5, 0.6) is 0 Å². The summed E-state index contributed by atoms with van der Waals surface area (Å²) in [4.78, 5) is 36.5. The maximum Gasteiger partial charge on any atom is 0.339 e. The van der Waals surface area contributed by atoms with Gasteiger partial charge in [0.05, 0.1) is 22.1 Å². The monoisotopic (exact) mass is 451 g/mol. The van der Waals surface area contributed by atoms with Crippen LogP contribution >= 0.6 is 35.6 Å². The van der Waals surface area contributed by atoms with E-state index < -0.39 is 24.4 Å². The summed E-state index contributed by atoms with van der Waals surface area (Å²) < 4.78 is 10.9.